The fourth-order valence-electron chi connectivity index (χ4n) is 2.16. The molecule has 2 aromatic carbocycles. The van der Waals surface area contributed by atoms with Crippen LogP contribution in [0.5, 0.6) is 0 Å². The van der Waals surface area contributed by atoms with E-state index < -0.39 is 0 Å². The number of thioether (sulfide) groups is 1. The van der Waals surface area contributed by atoms with Crippen molar-refractivity contribution in [2.75, 3.05) is 6.26 Å². The average Bonchev–Trinajstić information content (AvgIpc) is 2.53. The monoisotopic (exact) mass is 287 g/mol. The van der Waals surface area contributed by atoms with Crippen LogP contribution in [0.4, 0.5) is 0 Å². The lowest BCUT2D eigenvalue weighted by Gasteiger charge is -2.16. The molecular formula is C17H21NOS. The van der Waals surface area contributed by atoms with Gasteiger partial charge in [-0.3, -0.25) is 0 Å². The summed E-state index contributed by atoms with van der Waals surface area (Å²) in [4.78, 5) is 1.28. The molecule has 3 heteroatoms. The number of aliphatic hydroxyl groups excluding tert-OH is 1. The molecule has 106 valence electrons. The summed E-state index contributed by atoms with van der Waals surface area (Å²) in [6, 6.07) is 16.9. The predicted octanol–water partition coefficient (Wildman–Crippen LogP) is 3.75. The molecule has 0 spiro atoms. The Hall–Kier alpha value is -1.29. The van der Waals surface area contributed by atoms with Gasteiger partial charge in [0.05, 0.1) is 6.61 Å². The van der Waals surface area contributed by atoms with Crippen LogP contribution in [-0.2, 0) is 13.2 Å². The van der Waals surface area contributed by atoms with Gasteiger partial charge >= 0.3 is 0 Å². The van der Waals surface area contributed by atoms with Gasteiger partial charge in [0, 0.05) is 17.5 Å². The number of hydrogen-bond acceptors (Lipinski definition) is 3. The minimum atomic E-state index is 0.0919. The Kier molecular flexibility index (Phi) is 5.65. The first-order valence-electron chi connectivity index (χ1n) is 6.79. The van der Waals surface area contributed by atoms with Gasteiger partial charge in [0.1, 0.15) is 0 Å². The van der Waals surface area contributed by atoms with Gasteiger partial charge in [-0.1, -0.05) is 36.4 Å². The third kappa shape index (κ3) is 3.85. The molecule has 0 amide bonds. The molecule has 20 heavy (non-hydrogen) atoms. The minimum Gasteiger partial charge on any atom is -0.392 e. The molecule has 1 unspecified atom stereocenters. The molecule has 0 radical (unpaired) electrons. The van der Waals surface area contributed by atoms with E-state index >= 15 is 0 Å². The average molecular weight is 287 g/mol. The SMILES string of the molecule is CSc1ccc(C(C)NCc2ccccc2CO)cc1. The summed E-state index contributed by atoms with van der Waals surface area (Å²) < 4.78 is 0. The highest BCUT2D eigenvalue weighted by atomic mass is 32.2. The zero-order valence-corrected chi connectivity index (χ0v) is 12.8. The molecule has 2 nitrogen and oxygen atoms in total. The summed E-state index contributed by atoms with van der Waals surface area (Å²) in [6.45, 7) is 3.02. The van der Waals surface area contributed by atoms with Crippen LogP contribution in [0, 0.1) is 0 Å². The second kappa shape index (κ2) is 7.48. The maximum Gasteiger partial charge on any atom is 0.0685 e. The van der Waals surface area contributed by atoms with Gasteiger partial charge in [0.15, 0.2) is 0 Å². The molecule has 0 aliphatic heterocycles. The number of benzene rings is 2. The van der Waals surface area contributed by atoms with Crippen molar-refractivity contribution in [3.63, 3.8) is 0 Å². The van der Waals surface area contributed by atoms with Gasteiger partial charge in [-0.2, -0.15) is 0 Å². The largest absolute Gasteiger partial charge is 0.392 e. The first-order chi connectivity index (χ1) is 9.74. The number of hydrogen-bond donors (Lipinski definition) is 2. The Morgan fingerprint density at radius 2 is 1.70 bits per heavy atom. The molecule has 0 saturated carbocycles. The van der Waals surface area contributed by atoms with Gasteiger partial charge in [0.25, 0.3) is 0 Å². The molecule has 2 aromatic rings. The van der Waals surface area contributed by atoms with Crippen LogP contribution in [0.3, 0.4) is 0 Å². The highest BCUT2D eigenvalue weighted by Gasteiger charge is 2.06. The first kappa shape index (κ1) is 15.1. The fraction of sp³-hybridized carbons (Fsp3) is 0.294. The molecule has 0 saturated heterocycles. The van der Waals surface area contributed by atoms with Gasteiger partial charge in [0.2, 0.25) is 0 Å². The van der Waals surface area contributed by atoms with Crippen molar-refractivity contribution in [3.05, 3.63) is 65.2 Å². The summed E-state index contributed by atoms with van der Waals surface area (Å²) >= 11 is 1.76. The van der Waals surface area contributed by atoms with Crippen LogP contribution in [0.15, 0.2) is 53.4 Å². The van der Waals surface area contributed by atoms with Crippen LogP contribution in [-0.4, -0.2) is 11.4 Å². The smallest absolute Gasteiger partial charge is 0.0685 e. The summed E-state index contributed by atoms with van der Waals surface area (Å²) in [7, 11) is 0. The Labute approximate surface area is 125 Å². The van der Waals surface area contributed by atoms with Crippen molar-refractivity contribution in [1.82, 2.24) is 5.32 Å². The first-order valence-corrected chi connectivity index (χ1v) is 8.02. The summed E-state index contributed by atoms with van der Waals surface area (Å²) in [5, 5.41) is 12.8. The second-order valence-electron chi connectivity index (χ2n) is 4.80. The van der Waals surface area contributed by atoms with E-state index in [1.807, 2.05) is 18.2 Å². The fourth-order valence-corrected chi connectivity index (χ4v) is 2.57. The van der Waals surface area contributed by atoms with E-state index in [2.05, 4.69) is 48.8 Å². The van der Waals surface area contributed by atoms with Crippen LogP contribution < -0.4 is 5.32 Å². The maximum absolute atomic E-state index is 9.33. The lowest BCUT2D eigenvalue weighted by atomic mass is 10.1. The van der Waals surface area contributed by atoms with Crippen molar-refractivity contribution < 1.29 is 5.11 Å². The van der Waals surface area contributed by atoms with Crippen molar-refractivity contribution >= 4 is 11.8 Å². The van der Waals surface area contributed by atoms with E-state index in [4.69, 9.17) is 0 Å². The number of nitrogens with one attached hydrogen (secondary N) is 1. The topological polar surface area (TPSA) is 32.3 Å². The maximum atomic E-state index is 9.33. The lowest BCUT2D eigenvalue weighted by Crippen LogP contribution is -2.18. The Balaban J connectivity index is 1.98. The second-order valence-corrected chi connectivity index (χ2v) is 5.68. The predicted molar refractivity (Wildman–Crippen MR) is 85.8 cm³/mol. The third-order valence-electron chi connectivity index (χ3n) is 3.50. The number of aliphatic hydroxyl groups is 1. The summed E-state index contributed by atoms with van der Waals surface area (Å²) in [5.74, 6) is 0. The molecule has 0 bridgehead atoms. The van der Waals surface area contributed by atoms with E-state index in [-0.39, 0.29) is 12.6 Å². The minimum absolute atomic E-state index is 0.0919. The molecule has 0 heterocycles. The summed E-state index contributed by atoms with van der Waals surface area (Å²) in [6.07, 6.45) is 2.09. The number of rotatable bonds is 6. The molecule has 0 aromatic heterocycles. The van der Waals surface area contributed by atoms with Crippen LogP contribution in [0.2, 0.25) is 0 Å². The van der Waals surface area contributed by atoms with Crippen LogP contribution in [0.25, 0.3) is 0 Å². The normalized spacial score (nSPS) is 12.3. The van der Waals surface area contributed by atoms with Crippen molar-refractivity contribution in [3.8, 4) is 0 Å². The van der Waals surface area contributed by atoms with Gasteiger partial charge < -0.3 is 10.4 Å². The molecule has 2 rings (SSSR count). The molecule has 0 fully saturated rings. The van der Waals surface area contributed by atoms with E-state index in [9.17, 15) is 5.11 Å². The Bertz CT molecular complexity index is 539. The van der Waals surface area contributed by atoms with Gasteiger partial charge in [-0.05, 0) is 42.0 Å². The van der Waals surface area contributed by atoms with Gasteiger partial charge in [-0.15, -0.1) is 11.8 Å². The van der Waals surface area contributed by atoms with Crippen LogP contribution in [0.1, 0.15) is 29.7 Å². The van der Waals surface area contributed by atoms with Crippen molar-refractivity contribution in [1.29, 1.82) is 0 Å². The quantitative estimate of drug-likeness (QED) is 0.794. The van der Waals surface area contributed by atoms with E-state index in [0.29, 0.717) is 0 Å². The van der Waals surface area contributed by atoms with Crippen molar-refractivity contribution in [2.24, 2.45) is 0 Å². The molecular weight excluding hydrogens is 266 g/mol. The molecule has 2 N–H and O–H groups in total. The molecule has 0 aliphatic carbocycles. The highest BCUT2D eigenvalue weighted by molar-refractivity contribution is 7.98. The molecule has 0 aliphatic rings. The third-order valence-corrected chi connectivity index (χ3v) is 4.25. The van der Waals surface area contributed by atoms with Crippen LogP contribution >= 0.6 is 11.8 Å². The Morgan fingerprint density at radius 3 is 2.30 bits per heavy atom. The zero-order valence-electron chi connectivity index (χ0n) is 12.0. The van der Waals surface area contributed by atoms with E-state index in [1.54, 1.807) is 11.8 Å². The lowest BCUT2D eigenvalue weighted by molar-refractivity contribution is 0.280. The van der Waals surface area contributed by atoms with Gasteiger partial charge in [-0.25, -0.2) is 0 Å². The van der Waals surface area contributed by atoms with Crippen molar-refractivity contribution in [2.45, 2.75) is 31.0 Å². The van der Waals surface area contributed by atoms with E-state index in [0.717, 1.165) is 17.7 Å². The Morgan fingerprint density at radius 1 is 1.05 bits per heavy atom. The summed E-state index contributed by atoms with van der Waals surface area (Å²) in [5.41, 5.74) is 3.43. The molecule has 1 atom stereocenters. The zero-order chi connectivity index (χ0) is 14.4. The van der Waals surface area contributed by atoms with E-state index in [1.165, 1.54) is 10.5 Å². The highest BCUT2D eigenvalue weighted by Crippen LogP contribution is 2.19. The standard InChI is InChI=1S/C17H21NOS/c1-13(14-7-9-17(20-2)10-8-14)18-11-15-5-3-4-6-16(15)12-19/h3-10,13,18-19H,11-12H2,1-2H3.